The highest BCUT2D eigenvalue weighted by Gasteiger charge is 2.46. The molecule has 2 fully saturated rings. The van der Waals surface area contributed by atoms with Crippen LogP contribution in [0.2, 0.25) is 5.02 Å². The zero-order valence-electron chi connectivity index (χ0n) is 22.7. The molecule has 1 aromatic heterocycles. The van der Waals surface area contributed by atoms with Gasteiger partial charge in [-0.1, -0.05) is 64.7 Å². The number of benzene rings is 2. The second-order valence-corrected chi connectivity index (χ2v) is 12.0. The molecule has 2 aliphatic rings. The third kappa shape index (κ3) is 5.98. The quantitative estimate of drug-likeness (QED) is 0.222. The molecule has 214 valence electrons. The molecular formula is C32H30Cl3NO5. The number of carboxylic acids is 1. The Morgan fingerprint density at radius 1 is 1.20 bits per heavy atom. The number of hydrogen-bond acceptors (Lipinski definition) is 5. The molecule has 6 nitrogen and oxygen atoms in total. The molecule has 1 heterocycles. The fraction of sp³-hybridized carbons (Fsp3) is 0.312. The molecule has 0 atom stereocenters. The van der Waals surface area contributed by atoms with Crippen LogP contribution >= 0.6 is 34.8 Å². The van der Waals surface area contributed by atoms with Crippen LogP contribution in [0.3, 0.4) is 0 Å². The first-order valence-electron chi connectivity index (χ1n) is 13.4. The van der Waals surface area contributed by atoms with Crippen LogP contribution in [0.4, 0.5) is 0 Å². The van der Waals surface area contributed by atoms with Crippen molar-refractivity contribution in [1.82, 2.24) is 5.16 Å². The van der Waals surface area contributed by atoms with Gasteiger partial charge < -0.3 is 19.5 Å². The summed E-state index contributed by atoms with van der Waals surface area (Å²) in [6.45, 7) is 7.82. The molecule has 0 spiro atoms. The van der Waals surface area contributed by atoms with Crippen molar-refractivity contribution in [2.24, 2.45) is 0 Å². The average Bonchev–Trinajstić information content (AvgIpc) is 3.66. The number of aliphatic hydroxyl groups is 1. The fourth-order valence-electron chi connectivity index (χ4n) is 5.45. The molecule has 2 aromatic carbocycles. The van der Waals surface area contributed by atoms with Gasteiger partial charge in [-0.3, -0.25) is 0 Å². The molecule has 0 radical (unpaired) electrons. The molecular weight excluding hydrogens is 585 g/mol. The number of ether oxygens (including phenoxy) is 1. The molecule has 0 saturated heterocycles. The predicted molar refractivity (Wildman–Crippen MR) is 161 cm³/mol. The molecule has 3 aromatic rings. The number of nitrogens with zero attached hydrogens (tertiary/aromatic N) is 1. The van der Waals surface area contributed by atoms with E-state index in [9.17, 15) is 15.0 Å². The van der Waals surface area contributed by atoms with Crippen molar-refractivity contribution in [3.05, 3.63) is 109 Å². The summed E-state index contributed by atoms with van der Waals surface area (Å²) in [7, 11) is 0. The van der Waals surface area contributed by atoms with Crippen LogP contribution in [-0.2, 0) is 12.2 Å². The maximum Gasteiger partial charge on any atom is 0.335 e. The van der Waals surface area contributed by atoms with Gasteiger partial charge in [0, 0.05) is 22.1 Å². The smallest absolute Gasteiger partial charge is 0.335 e. The van der Waals surface area contributed by atoms with Gasteiger partial charge in [0.15, 0.2) is 0 Å². The Labute approximate surface area is 253 Å². The number of aryl methyl sites for hydroxylation is 1. The van der Waals surface area contributed by atoms with E-state index < -0.39 is 11.6 Å². The minimum Gasteiger partial charge on any atom is -0.489 e. The van der Waals surface area contributed by atoms with E-state index in [2.05, 4.69) is 11.7 Å². The Morgan fingerprint density at radius 3 is 2.54 bits per heavy atom. The SMILES string of the molecule is C=C(Cl)/C(=C(Cl)\C=C/C)c1noc(C2CC2)c1COc1ccc(C2(O)CC(c3cc(C(=O)O)ccc3C)C2)c(Cl)c1. The van der Waals surface area contributed by atoms with Crippen molar-refractivity contribution in [3.63, 3.8) is 0 Å². The highest BCUT2D eigenvalue weighted by molar-refractivity contribution is 6.42. The summed E-state index contributed by atoms with van der Waals surface area (Å²) in [6.07, 6.45) is 6.41. The molecule has 2 saturated carbocycles. The van der Waals surface area contributed by atoms with Crippen molar-refractivity contribution in [1.29, 1.82) is 0 Å². The van der Waals surface area contributed by atoms with Gasteiger partial charge in [0.25, 0.3) is 0 Å². The molecule has 5 rings (SSSR count). The molecule has 9 heteroatoms. The summed E-state index contributed by atoms with van der Waals surface area (Å²) in [5, 5.41) is 26.1. The lowest BCUT2D eigenvalue weighted by Crippen LogP contribution is -2.40. The van der Waals surface area contributed by atoms with Crippen LogP contribution in [0, 0.1) is 6.92 Å². The van der Waals surface area contributed by atoms with Gasteiger partial charge in [-0.05, 0) is 86.9 Å². The van der Waals surface area contributed by atoms with Gasteiger partial charge in [-0.15, -0.1) is 0 Å². The second kappa shape index (κ2) is 11.7. The van der Waals surface area contributed by atoms with Crippen molar-refractivity contribution in [2.45, 2.75) is 63.6 Å². The summed E-state index contributed by atoms with van der Waals surface area (Å²) in [5.41, 5.74) is 3.41. The zero-order valence-corrected chi connectivity index (χ0v) is 25.0. The van der Waals surface area contributed by atoms with Crippen LogP contribution in [0.15, 0.2) is 69.7 Å². The summed E-state index contributed by atoms with van der Waals surface area (Å²) in [6, 6.07) is 10.3. The lowest BCUT2D eigenvalue weighted by Gasteiger charge is -2.45. The first-order valence-corrected chi connectivity index (χ1v) is 14.5. The topological polar surface area (TPSA) is 92.8 Å². The normalized spacial score (nSPS) is 21.0. The third-order valence-corrected chi connectivity index (χ3v) is 8.60. The lowest BCUT2D eigenvalue weighted by atomic mass is 9.64. The number of halogens is 3. The number of aromatic carboxylic acids is 1. The minimum atomic E-state index is -1.11. The van der Waals surface area contributed by atoms with E-state index in [1.54, 1.807) is 48.6 Å². The standard InChI is InChI=1S/C32H30Cl3NO5/c1-4-5-26(34)28(18(3)33)29-24(30(41-36-29)19-8-9-19)16-40-22-10-11-25(27(35)13-22)32(39)14-21(15-32)23-12-20(31(37)38)7-6-17(23)2/h4-7,10-13,19,21,39H,3,8-9,14-16H2,1-2H3,(H,37,38)/b5-4-,28-26-. The Kier molecular flexibility index (Phi) is 8.40. The first kappa shape index (κ1) is 29.5. The van der Waals surface area contributed by atoms with Crippen LogP contribution in [0.1, 0.15) is 88.5 Å². The van der Waals surface area contributed by atoms with E-state index in [-0.39, 0.29) is 29.0 Å². The summed E-state index contributed by atoms with van der Waals surface area (Å²) in [5.74, 6) is 0.606. The molecule has 2 N–H and O–H groups in total. The van der Waals surface area contributed by atoms with Gasteiger partial charge in [0.1, 0.15) is 23.8 Å². The Morgan fingerprint density at radius 2 is 1.93 bits per heavy atom. The highest BCUT2D eigenvalue weighted by atomic mass is 35.5. The van der Waals surface area contributed by atoms with Crippen LogP contribution in [0.25, 0.3) is 5.57 Å². The van der Waals surface area contributed by atoms with E-state index in [0.717, 1.165) is 35.3 Å². The van der Waals surface area contributed by atoms with Gasteiger partial charge in [0.2, 0.25) is 0 Å². The Hall–Kier alpha value is -3.03. The first-order chi connectivity index (χ1) is 19.5. The Balaban J connectivity index is 1.34. The molecule has 41 heavy (non-hydrogen) atoms. The number of allylic oxidation sites excluding steroid dienone is 5. The molecule has 2 aliphatic carbocycles. The largest absolute Gasteiger partial charge is 0.489 e. The highest BCUT2D eigenvalue weighted by Crippen LogP contribution is 2.53. The van der Waals surface area contributed by atoms with E-state index in [1.807, 2.05) is 13.8 Å². The molecule has 0 bridgehead atoms. The van der Waals surface area contributed by atoms with E-state index in [4.69, 9.17) is 44.1 Å². The summed E-state index contributed by atoms with van der Waals surface area (Å²) in [4.78, 5) is 11.4. The van der Waals surface area contributed by atoms with Crippen LogP contribution in [0.5, 0.6) is 5.75 Å². The van der Waals surface area contributed by atoms with Gasteiger partial charge in [-0.25, -0.2) is 4.79 Å². The number of rotatable bonds is 10. The Bertz CT molecular complexity index is 1580. The molecule has 0 unspecified atom stereocenters. The van der Waals surface area contributed by atoms with Crippen molar-refractivity contribution in [2.75, 3.05) is 0 Å². The van der Waals surface area contributed by atoms with E-state index >= 15 is 0 Å². The zero-order chi connectivity index (χ0) is 29.5. The number of carboxylic acid groups (broad SMARTS) is 1. The van der Waals surface area contributed by atoms with Crippen molar-refractivity contribution in [3.8, 4) is 5.75 Å². The predicted octanol–water partition coefficient (Wildman–Crippen LogP) is 8.83. The minimum absolute atomic E-state index is 0.0347. The van der Waals surface area contributed by atoms with E-state index in [0.29, 0.717) is 45.5 Å². The van der Waals surface area contributed by atoms with Crippen LogP contribution < -0.4 is 4.74 Å². The monoisotopic (exact) mass is 613 g/mol. The summed E-state index contributed by atoms with van der Waals surface area (Å²) < 4.78 is 11.9. The van der Waals surface area contributed by atoms with Gasteiger partial charge in [0.05, 0.1) is 26.8 Å². The lowest BCUT2D eigenvalue weighted by molar-refractivity contribution is -0.0550. The average molecular weight is 615 g/mol. The maximum absolute atomic E-state index is 11.4. The molecule has 0 aliphatic heterocycles. The van der Waals surface area contributed by atoms with Crippen molar-refractivity contribution >= 4 is 46.3 Å². The fourth-order valence-corrected chi connectivity index (χ4v) is 6.37. The van der Waals surface area contributed by atoms with E-state index in [1.165, 1.54) is 0 Å². The maximum atomic E-state index is 11.4. The number of aromatic nitrogens is 1. The number of hydrogen-bond donors (Lipinski definition) is 2. The van der Waals surface area contributed by atoms with Crippen molar-refractivity contribution < 1.29 is 24.3 Å². The summed E-state index contributed by atoms with van der Waals surface area (Å²) >= 11 is 19.5. The number of carbonyl (C=O) groups is 1. The third-order valence-electron chi connectivity index (χ3n) is 7.79. The second-order valence-electron chi connectivity index (χ2n) is 10.7. The van der Waals surface area contributed by atoms with Gasteiger partial charge >= 0.3 is 5.97 Å². The van der Waals surface area contributed by atoms with Gasteiger partial charge in [-0.2, -0.15) is 0 Å². The van der Waals surface area contributed by atoms with Crippen LogP contribution in [-0.4, -0.2) is 21.3 Å². The molecule has 0 amide bonds.